The molecule has 0 atom stereocenters. The van der Waals surface area contributed by atoms with Gasteiger partial charge in [0.2, 0.25) is 5.91 Å². The number of imidazole rings is 1. The number of nitrogens with one attached hydrogen (secondary N) is 1. The fourth-order valence-electron chi connectivity index (χ4n) is 6.15. The molecule has 2 aromatic heterocycles. The van der Waals surface area contributed by atoms with Crippen molar-refractivity contribution in [1.29, 1.82) is 0 Å². The molecule has 0 bridgehead atoms. The maximum Gasteiger partial charge on any atom is 0.321 e. The van der Waals surface area contributed by atoms with Crippen LogP contribution in [0.4, 0.5) is 10.5 Å². The summed E-state index contributed by atoms with van der Waals surface area (Å²) in [5.41, 5.74) is 3.83. The number of carbonyl (C=O) groups is 2. The molecule has 0 radical (unpaired) electrons. The van der Waals surface area contributed by atoms with Crippen LogP contribution in [0.15, 0.2) is 42.6 Å². The van der Waals surface area contributed by atoms with E-state index >= 15 is 0 Å². The molecule has 1 saturated carbocycles. The first-order valence-electron chi connectivity index (χ1n) is 13.4. The molecular formula is C28H34N6O2. The summed E-state index contributed by atoms with van der Waals surface area (Å²) in [6.07, 6.45) is 10.4. The van der Waals surface area contributed by atoms with E-state index in [1.807, 2.05) is 41.4 Å². The SMILES string of the molecule is O=C(Cc1ccc(N2CCNC2=O)cc1)N1CCC(n2c(CC3CCCC3)nc3cccnc32)CC1. The van der Waals surface area contributed by atoms with Gasteiger partial charge in [-0.15, -0.1) is 0 Å². The lowest BCUT2D eigenvalue weighted by Crippen LogP contribution is -2.40. The highest BCUT2D eigenvalue weighted by Crippen LogP contribution is 2.33. The molecule has 6 rings (SSSR count). The molecule has 2 aliphatic heterocycles. The number of rotatable bonds is 6. The molecule has 188 valence electrons. The number of amides is 3. The van der Waals surface area contributed by atoms with E-state index in [9.17, 15) is 9.59 Å². The Morgan fingerprint density at radius 1 is 1.00 bits per heavy atom. The monoisotopic (exact) mass is 486 g/mol. The minimum atomic E-state index is -0.0611. The summed E-state index contributed by atoms with van der Waals surface area (Å²) in [6, 6.07) is 12.1. The van der Waals surface area contributed by atoms with Crippen molar-refractivity contribution in [2.24, 2.45) is 5.92 Å². The first-order valence-corrected chi connectivity index (χ1v) is 13.4. The van der Waals surface area contributed by atoms with E-state index in [-0.39, 0.29) is 11.9 Å². The largest absolute Gasteiger partial charge is 0.342 e. The average Bonchev–Trinajstić information content (AvgIpc) is 3.65. The summed E-state index contributed by atoms with van der Waals surface area (Å²) in [6.45, 7) is 2.86. The summed E-state index contributed by atoms with van der Waals surface area (Å²) < 4.78 is 2.39. The molecular weight excluding hydrogens is 452 g/mol. The predicted octanol–water partition coefficient (Wildman–Crippen LogP) is 4.10. The Bertz CT molecular complexity index is 1240. The van der Waals surface area contributed by atoms with Crippen LogP contribution >= 0.6 is 0 Å². The fourth-order valence-corrected chi connectivity index (χ4v) is 6.15. The Morgan fingerprint density at radius 3 is 2.50 bits per heavy atom. The molecule has 2 saturated heterocycles. The number of hydrogen-bond donors (Lipinski definition) is 1. The molecule has 8 nitrogen and oxygen atoms in total. The number of anilines is 1. The Balaban J connectivity index is 1.10. The number of fused-ring (bicyclic) bond motifs is 1. The average molecular weight is 487 g/mol. The zero-order valence-electron chi connectivity index (χ0n) is 20.7. The predicted molar refractivity (Wildman–Crippen MR) is 139 cm³/mol. The highest BCUT2D eigenvalue weighted by atomic mass is 16.2. The van der Waals surface area contributed by atoms with Crippen LogP contribution in [-0.4, -0.2) is 57.6 Å². The van der Waals surface area contributed by atoms with Gasteiger partial charge in [-0.3, -0.25) is 9.69 Å². The van der Waals surface area contributed by atoms with Crippen LogP contribution < -0.4 is 10.2 Å². The molecule has 3 amide bonds. The molecule has 0 spiro atoms. The number of benzene rings is 1. The minimum absolute atomic E-state index is 0.0611. The summed E-state index contributed by atoms with van der Waals surface area (Å²) in [7, 11) is 0. The van der Waals surface area contributed by atoms with Crippen molar-refractivity contribution in [3.8, 4) is 0 Å². The number of nitrogens with zero attached hydrogens (tertiary/aromatic N) is 5. The van der Waals surface area contributed by atoms with Gasteiger partial charge >= 0.3 is 6.03 Å². The first kappa shape index (κ1) is 23.0. The van der Waals surface area contributed by atoms with Gasteiger partial charge in [-0.2, -0.15) is 0 Å². The molecule has 3 fully saturated rings. The van der Waals surface area contributed by atoms with Gasteiger partial charge in [-0.25, -0.2) is 14.8 Å². The lowest BCUT2D eigenvalue weighted by atomic mass is 10.0. The molecule has 1 aliphatic carbocycles. The third-order valence-electron chi connectivity index (χ3n) is 8.11. The van der Waals surface area contributed by atoms with E-state index in [2.05, 4.69) is 16.0 Å². The van der Waals surface area contributed by atoms with Gasteiger partial charge in [-0.1, -0.05) is 37.8 Å². The van der Waals surface area contributed by atoms with Gasteiger partial charge in [0.1, 0.15) is 11.3 Å². The molecule has 1 aromatic carbocycles. The van der Waals surface area contributed by atoms with Crippen LogP contribution in [0.2, 0.25) is 0 Å². The number of aromatic nitrogens is 3. The highest BCUT2D eigenvalue weighted by molar-refractivity contribution is 5.94. The second-order valence-corrected chi connectivity index (χ2v) is 10.4. The first-order chi connectivity index (χ1) is 17.7. The van der Waals surface area contributed by atoms with Crippen molar-refractivity contribution in [2.75, 3.05) is 31.1 Å². The van der Waals surface area contributed by atoms with E-state index in [0.29, 0.717) is 25.6 Å². The van der Waals surface area contributed by atoms with Gasteiger partial charge in [-0.05, 0) is 48.6 Å². The molecule has 0 unspecified atom stereocenters. The summed E-state index contributed by atoms with van der Waals surface area (Å²) in [4.78, 5) is 38.4. The number of carbonyl (C=O) groups excluding carboxylic acids is 2. The normalized spacial score (nSPS) is 19.4. The van der Waals surface area contributed by atoms with Crippen LogP contribution in [0, 0.1) is 5.92 Å². The quantitative estimate of drug-likeness (QED) is 0.569. The molecule has 36 heavy (non-hydrogen) atoms. The number of likely N-dealkylation sites (tertiary alicyclic amines) is 1. The Morgan fingerprint density at radius 2 is 1.78 bits per heavy atom. The van der Waals surface area contributed by atoms with Crippen molar-refractivity contribution in [1.82, 2.24) is 24.8 Å². The lowest BCUT2D eigenvalue weighted by Gasteiger charge is -2.33. The summed E-state index contributed by atoms with van der Waals surface area (Å²) in [5, 5.41) is 2.82. The maximum atomic E-state index is 13.1. The van der Waals surface area contributed by atoms with Crippen LogP contribution in [0.3, 0.4) is 0 Å². The van der Waals surface area contributed by atoms with Gasteiger partial charge in [0.25, 0.3) is 0 Å². The topological polar surface area (TPSA) is 83.4 Å². The number of hydrogen-bond acceptors (Lipinski definition) is 4. The smallest absolute Gasteiger partial charge is 0.321 e. The third-order valence-corrected chi connectivity index (χ3v) is 8.11. The van der Waals surface area contributed by atoms with Gasteiger partial charge in [0.15, 0.2) is 5.65 Å². The summed E-state index contributed by atoms with van der Waals surface area (Å²) >= 11 is 0. The van der Waals surface area contributed by atoms with E-state index in [1.165, 1.54) is 31.5 Å². The minimum Gasteiger partial charge on any atom is -0.342 e. The van der Waals surface area contributed by atoms with Crippen LogP contribution in [0.5, 0.6) is 0 Å². The number of urea groups is 1. The molecule has 4 heterocycles. The van der Waals surface area contributed by atoms with E-state index < -0.39 is 0 Å². The molecule has 3 aliphatic rings. The lowest BCUT2D eigenvalue weighted by molar-refractivity contribution is -0.131. The van der Waals surface area contributed by atoms with E-state index in [0.717, 1.165) is 60.7 Å². The van der Waals surface area contributed by atoms with Crippen LogP contribution in [0.25, 0.3) is 11.2 Å². The fraction of sp³-hybridized carbons (Fsp3) is 0.500. The maximum absolute atomic E-state index is 13.1. The van der Waals surface area contributed by atoms with Crippen molar-refractivity contribution in [3.05, 3.63) is 54.0 Å². The summed E-state index contributed by atoms with van der Waals surface area (Å²) in [5.74, 6) is 2.07. The van der Waals surface area contributed by atoms with E-state index in [4.69, 9.17) is 9.97 Å². The number of piperidine rings is 1. The van der Waals surface area contributed by atoms with Gasteiger partial charge in [0.05, 0.1) is 6.42 Å². The van der Waals surface area contributed by atoms with Crippen LogP contribution in [0.1, 0.15) is 56.0 Å². The van der Waals surface area contributed by atoms with Gasteiger partial charge < -0.3 is 14.8 Å². The van der Waals surface area contributed by atoms with Crippen molar-refractivity contribution < 1.29 is 9.59 Å². The van der Waals surface area contributed by atoms with Crippen molar-refractivity contribution >= 4 is 28.8 Å². The Hall–Kier alpha value is -3.42. The Labute approximate surface area is 211 Å². The number of pyridine rings is 1. The second-order valence-electron chi connectivity index (χ2n) is 10.4. The molecule has 8 heteroatoms. The second kappa shape index (κ2) is 9.91. The van der Waals surface area contributed by atoms with Crippen molar-refractivity contribution in [2.45, 2.75) is 57.4 Å². The third kappa shape index (κ3) is 4.56. The highest BCUT2D eigenvalue weighted by Gasteiger charge is 2.29. The Kier molecular flexibility index (Phi) is 6.34. The zero-order valence-corrected chi connectivity index (χ0v) is 20.7. The molecule has 1 N–H and O–H groups in total. The molecule has 3 aromatic rings. The van der Waals surface area contributed by atoms with Gasteiger partial charge in [0, 0.05) is 50.5 Å². The zero-order chi connectivity index (χ0) is 24.5. The van der Waals surface area contributed by atoms with Crippen molar-refractivity contribution in [3.63, 3.8) is 0 Å². The van der Waals surface area contributed by atoms with E-state index in [1.54, 1.807) is 4.90 Å². The standard InChI is InChI=1S/C28H34N6O2/c35-26(19-21-7-9-22(10-8-21)33-17-14-30-28(33)36)32-15-11-23(12-16-32)34-25(18-20-4-1-2-5-20)31-24-6-3-13-29-27(24)34/h3,6-10,13,20,23H,1-2,4-5,11-12,14-19H2,(H,30,36). The van der Waals surface area contributed by atoms with Crippen LogP contribution in [-0.2, 0) is 17.6 Å².